The van der Waals surface area contributed by atoms with E-state index in [1.165, 1.54) is 0 Å². The zero-order valence-corrected chi connectivity index (χ0v) is 9.40. The molecule has 0 unspecified atom stereocenters. The number of hydrogen-bond donors (Lipinski definition) is 2. The van der Waals surface area contributed by atoms with Crippen LogP contribution in [0.3, 0.4) is 0 Å². The number of aromatic nitrogens is 1. The molecule has 4 nitrogen and oxygen atoms in total. The SMILES string of the molecule is CCN(CCCO)c1nccc(C)c1N. The third kappa shape index (κ3) is 2.83. The van der Waals surface area contributed by atoms with Crippen LogP contribution in [0.5, 0.6) is 0 Å². The van der Waals surface area contributed by atoms with E-state index in [-0.39, 0.29) is 6.61 Å². The van der Waals surface area contributed by atoms with Gasteiger partial charge in [-0.3, -0.25) is 0 Å². The summed E-state index contributed by atoms with van der Waals surface area (Å²) >= 11 is 0. The van der Waals surface area contributed by atoms with Gasteiger partial charge in [0.25, 0.3) is 0 Å². The molecule has 0 saturated heterocycles. The van der Waals surface area contributed by atoms with Gasteiger partial charge in [0.1, 0.15) is 0 Å². The van der Waals surface area contributed by atoms with Crippen LogP contribution >= 0.6 is 0 Å². The molecule has 0 radical (unpaired) electrons. The Bertz CT molecular complexity index is 315. The van der Waals surface area contributed by atoms with Gasteiger partial charge in [-0.1, -0.05) is 0 Å². The lowest BCUT2D eigenvalue weighted by Crippen LogP contribution is -2.26. The van der Waals surface area contributed by atoms with Crippen molar-refractivity contribution in [1.82, 2.24) is 4.98 Å². The lowest BCUT2D eigenvalue weighted by atomic mass is 10.2. The van der Waals surface area contributed by atoms with Crippen molar-refractivity contribution in [3.05, 3.63) is 17.8 Å². The summed E-state index contributed by atoms with van der Waals surface area (Å²) in [5.74, 6) is 0.825. The molecule has 4 heteroatoms. The number of aliphatic hydroxyl groups excluding tert-OH is 1. The van der Waals surface area contributed by atoms with E-state index in [9.17, 15) is 0 Å². The van der Waals surface area contributed by atoms with E-state index in [1.807, 2.05) is 13.0 Å². The maximum Gasteiger partial charge on any atom is 0.152 e. The predicted octanol–water partition coefficient (Wildman–Crippen LogP) is 1.18. The molecule has 0 aliphatic heterocycles. The summed E-state index contributed by atoms with van der Waals surface area (Å²) in [7, 11) is 0. The summed E-state index contributed by atoms with van der Waals surface area (Å²) in [5.41, 5.74) is 7.74. The quantitative estimate of drug-likeness (QED) is 0.764. The third-order valence-corrected chi connectivity index (χ3v) is 2.45. The summed E-state index contributed by atoms with van der Waals surface area (Å²) in [6.45, 7) is 5.86. The second-order valence-electron chi connectivity index (χ2n) is 3.52. The fourth-order valence-corrected chi connectivity index (χ4v) is 1.48. The highest BCUT2D eigenvalue weighted by Crippen LogP contribution is 2.22. The van der Waals surface area contributed by atoms with Gasteiger partial charge < -0.3 is 15.7 Å². The van der Waals surface area contributed by atoms with Gasteiger partial charge in [0.2, 0.25) is 0 Å². The Balaban J connectivity index is 2.86. The average molecular weight is 209 g/mol. The van der Waals surface area contributed by atoms with Crippen molar-refractivity contribution < 1.29 is 5.11 Å². The standard InChI is InChI=1S/C11H19N3O/c1-3-14(7-4-8-15)11-10(12)9(2)5-6-13-11/h5-6,15H,3-4,7-8,12H2,1-2H3. The molecule has 0 amide bonds. The molecule has 0 saturated carbocycles. The molecule has 0 atom stereocenters. The number of rotatable bonds is 5. The molecule has 1 aromatic heterocycles. The van der Waals surface area contributed by atoms with Gasteiger partial charge in [-0.15, -0.1) is 0 Å². The number of nitrogens with zero attached hydrogens (tertiary/aromatic N) is 2. The van der Waals surface area contributed by atoms with Crippen LogP contribution < -0.4 is 10.6 Å². The lowest BCUT2D eigenvalue weighted by molar-refractivity contribution is 0.289. The molecule has 0 bridgehead atoms. The Hall–Kier alpha value is -1.29. The molecular weight excluding hydrogens is 190 g/mol. The third-order valence-electron chi connectivity index (χ3n) is 2.45. The van der Waals surface area contributed by atoms with E-state index < -0.39 is 0 Å². The van der Waals surface area contributed by atoms with Crippen LogP contribution in [0.2, 0.25) is 0 Å². The van der Waals surface area contributed by atoms with E-state index in [0.717, 1.165) is 36.6 Å². The molecule has 1 rings (SSSR count). The highest BCUT2D eigenvalue weighted by molar-refractivity contribution is 5.66. The zero-order valence-electron chi connectivity index (χ0n) is 9.40. The Kier molecular flexibility index (Phi) is 4.37. The molecule has 15 heavy (non-hydrogen) atoms. The van der Waals surface area contributed by atoms with Crippen molar-refractivity contribution in [2.75, 3.05) is 30.3 Å². The molecule has 0 aliphatic rings. The number of hydrogen-bond acceptors (Lipinski definition) is 4. The Morgan fingerprint density at radius 1 is 1.53 bits per heavy atom. The number of pyridine rings is 1. The molecule has 0 fully saturated rings. The van der Waals surface area contributed by atoms with Crippen LogP contribution in [-0.2, 0) is 0 Å². The minimum Gasteiger partial charge on any atom is -0.396 e. The lowest BCUT2D eigenvalue weighted by Gasteiger charge is -2.23. The van der Waals surface area contributed by atoms with Gasteiger partial charge in [-0.05, 0) is 31.9 Å². The number of anilines is 2. The molecular formula is C11H19N3O. The van der Waals surface area contributed by atoms with Crippen LogP contribution in [0.4, 0.5) is 11.5 Å². The molecule has 3 N–H and O–H groups in total. The predicted molar refractivity (Wildman–Crippen MR) is 63.0 cm³/mol. The van der Waals surface area contributed by atoms with E-state index >= 15 is 0 Å². The van der Waals surface area contributed by atoms with Crippen molar-refractivity contribution in [1.29, 1.82) is 0 Å². The largest absolute Gasteiger partial charge is 0.396 e. The summed E-state index contributed by atoms with van der Waals surface area (Å²) < 4.78 is 0. The first-order chi connectivity index (χ1) is 7.20. The van der Waals surface area contributed by atoms with Gasteiger partial charge in [-0.2, -0.15) is 0 Å². The highest BCUT2D eigenvalue weighted by atomic mass is 16.3. The van der Waals surface area contributed by atoms with Crippen molar-refractivity contribution in [2.45, 2.75) is 20.3 Å². The van der Waals surface area contributed by atoms with Crippen molar-refractivity contribution in [3.8, 4) is 0 Å². The molecule has 84 valence electrons. The maximum atomic E-state index is 8.80. The molecule has 1 aromatic rings. The molecule has 0 spiro atoms. The number of nitrogens with two attached hydrogens (primary N) is 1. The normalized spacial score (nSPS) is 10.3. The van der Waals surface area contributed by atoms with Crippen LogP contribution in [0.25, 0.3) is 0 Å². The first-order valence-electron chi connectivity index (χ1n) is 5.27. The van der Waals surface area contributed by atoms with Gasteiger partial charge in [0.05, 0.1) is 5.69 Å². The fraction of sp³-hybridized carbons (Fsp3) is 0.545. The van der Waals surface area contributed by atoms with Crippen LogP contribution in [0.15, 0.2) is 12.3 Å². The topological polar surface area (TPSA) is 62.4 Å². The molecule has 0 aromatic carbocycles. The molecule has 1 heterocycles. The Morgan fingerprint density at radius 3 is 2.87 bits per heavy atom. The summed E-state index contributed by atoms with van der Waals surface area (Å²) in [6, 6.07) is 1.90. The smallest absolute Gasteiger partial charge is 0.152 e. The molecule has 0 aliphatic carbocycles. The number of aryl methyl sites for hydroxylation is 1. The van der Waals surface area contributed by atoms with Gasteiger partial charge in [0.15, 0.2) is 5.82 Å². The minimum atomic E-state index is 0.197. The minimum absolute atomic E-state index is 0.197. The van der Waals surface area contributed by atoms with Gasteiger partial charge >= 0.3 is 0 Å². The monoisotopic (exact) mass is 209 g/mol. The van der Waals surface area contributed by atoms with Crippen molar-refractivity contribution in [3.63, 3.8) is 0 Å². The zero-order chi connectivity index (χ0) is 11.3. The Morgan fingerprint density at radius 2 is 2.27 bits per heavy atom. The van der Waals surface area contributed by atoms with E-state index in [2.05, 4.69) is 16.8 Å². The van der Waals surface area contributed by atoms with Crippen molar-refractivity contribution >= 4 is 11.5 Å². The van der Waals surface area contributed by atoms with Crippen LogP contribution in [0, 0.1) is 6.92 Å². The van der Waals surface area contributed by atoms with Gasteiger partial charge in [0, 0.05) is 25.9 Å². The fourth-order valence-electron chi connectivity index (χ4n) is 1.48. The van der Waals surface area contributed by atoms with Crippen LogP contribution in [0.1, 0.15) is 18.9 Å². The van der Waals surface area contributed by atoms with E-state index in [1.54, 1.807) is 6.20 Å². The Labute approximate surface area is 90.7 Å². The second-order valence-corrected chi connectivity index (χ2v) is 3.52. The summed E-state index contributed by atoms with van der Waals surface area (Å²) in [6.07, 6.45) is 2.51. The van der Waals surface area contributed by atoms with E-state index in [4.69, 9.17) is 10.8 Å². The highest BCUT2D eigenvalue weighted by Gasteiger charge is 2.10. The summed E-state index contributed by atoms with van der Waals surface area (Å²) in [4.78, 5) is 6.36. The average Bonchev–Trinajstić information content (AvgIpc) is 2.25. The summed E-state index contributed by atoms with van der Waals surface area (Å²) in [5, 5.41) is 8.80. The second kappa shape index (κ2) is 5.56. The first-order valence-corrected chi connectivity index (χ1v) is 5.27. The van der Waals surface area contributed by atoms with Crippen molar-refractivity contribution in [2.24, 2.45) is 0 Å². The van der Waals surface area contributed by atoms with Crippen LogP contribution in [-0.4, -0.2) is 29.8 Å². The van der Waals surface area contributed by atoms with E-state index in [0.29, 0.717) is 0 Å². The maximum absolute atomic E-state index is 8.80. The first kappa shape index (κ1) is 11.8. The number of nitrogen functional groups attached to an aromatic ring is 1. The van der Waals surface area contributed by atoms with Gasteiger partial charge in [-0.25, -0.2) is 4.98 Å². The number of aliphatic hydroxyl groups is 1.